The monoisotopic (exact) mass is 428 g/mol. The third-order valence-corrected chi connectivity index (χ3v) is 5.20. The Hall–Kier alpha value is -3.06. The van der Waals surface area contributed by atoms with Gasteiger partial charge < -0.3 is 20.1 Å². The molecule has 0 spiro atoms. The molecule has 0 saturated heterocycles. The van der Waals surface area contributed by atoms with Crippen LogP contribution in [0.4, 0.5) is 5.69 Å². The molecule has 2 N–H and O–H groups in total. The summed E-state index contributed by atoms with van der Waals surface area (Å²) in [5, 5.41) is 6.10. The maximum absolute atomic E-state index is 12.4. The topological polar surface area (TPSA) is 93.7 Å². The van der Waals surface area contributed by atoms with Gasteiger partial charge >= 0.3 is 5.97 Å². The molecule has 1 aliphatic heterocycles. The van der Waals surface area contributed by atoms with Gasteiger partial charge in [0.1, 0.15) is 12.4 Å². The lowest BCUT2D eigenvalue weighted by Gasteiger charge is -2.24. The number of hydrogen-bond acceptors (Lipinski definition) is 5. The number of rotatable bonds is 6. The van der Waals surface area contributed by atoms with E-state index in [2.05, 4.69) is 10.6 Å². The van der Waals surface area contributed by atoms with Gasteiger partial charge in [0, 0.05) is 11.1 Å². The smallest absolute Gasteiger partial charge is 0.313 e. The van der Waals surface area contributed by atoms with Gasteiger partial charge in [0.2, 0.25) is 0 Å². The van der Waals surface area contributed by atoms with Gasteiger partial charge in [0.05, 0.1) is 17.2 Å². The molecule has 7 nitrogen and oxygen atoms in total. The summed E-state index contributed by atoms with van der Waals surface area (Å²) in [6.45, 7) is -0.268. The predicted octanol–water partition coefficient (Wildman–Crippen LogP) is 2.97. The normalized spacial score (nSPS) is 17.3. The van der Waals surface area contributed by atoms with E-state index in [4.69, 9.17) is 21.1 Å². The van der Waals surface area contributed by atoms with Crippen LogP contribution in [0.1, 0.15) is 28.8 Å². The van der Waals surface area contributed by atoms with Crippen LogP contribution in [-0.4, -0.2) is 37.0 Å². The van der Waals surface area contributed by atoms with E-state index in [1.807, 2.05) is 0 Å². The molecule has 156 valence electrons. The first-order valence-electron chi connectivity index (χ1n) is 9.77. The van der Waals surface area contributed by atoms with E-state index in [-0.39, 0.29) is 18.6 Å². The van der Waals surface area contributed by atoms with Crippen LogP contribution in [0.5, 0.6) is 5.75 Å². The van der Waals surface area contributed by atoms with E-state index in [0.29, 0.717) is 28.4 Å². The van der Waals surface area contributed by atoms with Crippen LogP contribution in [-0.2, 0) is 20.7 Å². The molecule has 30 heavy (non-hydrogen) atoms. The van der Waals surface area contributed by atoms with Crippen molar-refractivity contribution in [2.24, 2.45) is 5.92 Å². The van der Waals surface area contributed by atoms with Crippen LogP contribution in [0.3, 0.4) is 0 Å². The minimum absolute atomic E-state index is 0.180. The lowest BCUT2D eigenvalue weighted by Crippen LogP contribution is -2.32. The molecule has 1 fully saturated rings. The van der Waals surface area contributed by atoms with E-state index >= 15 is 0 Å². The number of halogens is 1. The SMILES string of the molecule is O=C(COC(=O)C1COc2ccc(Cl)cc2C1)Nc1ccccc1C(=O)NC1CC1. The van der Waals surface area contributed by atoms with Gasteiger partial charge in [-0.1, -0.05) is 23.7 Å². The highest BCUT2D eigenvalue weighted by atomic mass is 35.5. The molecule has 8 heteroatoms. The molecule has 0 radical (unpaired) electrons. The van der Waals surface area contributed by atoms with Crippen molar-refractivity contribution in [2.45, 2.75) is 25.3 Å². The number of hydrogen-bond donors (Lipinski definition) is 2. The van der Waals surface area contributed by atoms with E-state index < -0.39 is 24.4 Å². The van der Waals surface area contributed by atoms with E-state index in [9.17, 15) is 14.4 Å². The van der Waals surface area contributed by atoms with Gasteiger partial charge in [-0.25, -0.2) is 0 Å². The lowest BCUT2D eigenvalue weighted by atomic mass is 9.97. The Morgan fingerprint density at radius 2 is 1.93 bits per heavy atom. The van der Waals surface area contributed by atoms with Crippen molar-refractivity contribution in [1.29, 1.82) is 0 Å². The number of anilines is 1. The third-order valence-electron chi connectivity index (χ3n) is 4.97. The van der Waals surface area contributed by atoms with Crippen LogP contribution >= 0.6 is 11.6 Å². The Balaban J connectivity index is 1.31. The number of carbonyl (C=O) groups excluding carboxylic acids is 3. The summed E-state index contributed by atoms with van der Waals surface area (Å²) < 4.78 is 10.8. The number of carbonyl (C=O) groups is 3. The summed E-state index contributed by atoms with van der Waals surface area (Å²) in [4.78, 5) is 37.0. The Labute approximate surface area is 178 Å². The standard InChI is InChI=1S/C22H21ClN2O5/c23-15-5-8-19-13(10-15)9-14(11-29-19)22(28)30-12-20(26)25-18-4-2-1-3-17(18)21(27)24-16-6-7-16/h1-5,8,10,14,16H,6-7,9,11-12H2,(H,24,27)(H,25,26). The van der Waals surface area contributed by atoms with Gasteiger partial charge in [-0.15, -0.1) is 0 Å². The largest absolute Gasteiger partial charge is 0.492 e. The first-order valence-corrected chi connectivity index (χ1v) is 10.1. The number of amides is 2. The van der Waals surface area contributed by atoms with Crippen LogP contribution < -0.4 is 15.4 Å². The average Bonchev–Trinajstić information content (AvgIpc) is 3.55. The number of para-hydroxylation sites is 1. The van der Waals surface area contributed by atoms with Crippen molar-refractivity contribution in [3.63, 3.8) is 0 Å². The quantitative estimate of drug-likeness (QED) is 0.690. The number of benzene rings is 2. The molecule has 2 aliphatic rings. The van der Waals surface area contributed by atoms with Crippen molar-refractivity contribution >= 4 is 35.1 Å². The first kappa shape index (κ1) is 20.2. The summed E-state index contributed by atoms with van der Waals surface area (Å²) in [6, 6.07) is 12.2. The Kier molecular flexibility index (Phi) is 5.90. The maximum atomic E-state index is 12.4. The Bertz CT molecular complexity index is 989. The second kappa shape index (κ2) is 8.75. The van der Waals surface area contributed by atoms with Crippen molar-refractivity contribution in [3.8, 4) is 5.75 Å². The van der Waals surface area contributed by atoms with Gasteiger partial charge in [0.25, 0.3) is 11.8 Å². The summed E-state index contributed by atoms with van der Waals surface area (Å²) in [5.41, 5.74) is 1.58. The van der Waals surface area contributed by atoms with Crippen molar-refractivity contribution in [3.05, 3.63) is 58.6 Å². The van der Waals surface area contributed by atoms with E-state index in [0.717, 1.165) is 18.4 Å². The molecule has 4 rings (SSSR count). The van der Waals surface area contributed by atoms with Gasteiger partial charge in [-0.05, 0) is 55.2 Å². The zero-order chi connectivity index (χ0) is 21.1. The number of nitrogens with one attached hydrogen (secondary N) is 2. The van der Waals surface area contributed by atoms with Crippen LogP contribution in [0, 0.1) is 5.92 Å². The molecule has 1 atom stereocenters. The summed E-state index contributed by atoms with van der Waals surface area (Å²) >= 11 is 6.00. The maximum Gasteiger partial charge on any atom is 0.313 e. The van der Waals surface area contributed by atoms with Gasteiger partial charge in [0.15, 0.2) is 6.61 Å². The summed E-state index contributed by atoms with van der Waals surface area (Å²) in [6.07, 6.45) is 2.37. The highest BCUT2D eigenvalue weighted by molar-refractivity contribution is 6.30. The van der Waals surface area contributed by atoms with Gasteiger partial charge in [-0.2, -0.15) is 0 Å². The summed E-state index contributed by atoms with van der Waals surface area (Å²) in [5.74, 6) is -1.09. The predicted molar refractivity (Wildman–Crippen MR) is 111 cm³/mol. The van der Waals surface area contributed by atoms with E-state index in [1.165, 1.54) is 0 Å². The van der Waals surface area contributed by atoms with Crippen molar-refractivity contribution in [1.82, 2.24) is 5.32 Å². The molecular formula is C22H21ClN2O5. The highest BCUT2D eigenvalue weighted by Gasteiger charge is 2.28. The minimum Gasteiger partial charge on any atom is -0.492 e. The Morgan fingerprint density at radius 1 is 1.13 bits per heavy atom. The third kappa shape index (κ3) is 4.91. The minimum atomic E-state index is -0.518. The molecule has 1 saturated carbocycles. The lowest BCUT2D eigenvalue weighted by molar-refractivity contribution is -0.152. The molecule has 2 amide bonds. The molecule has 0 aromatic heterocycles. The average molecular weight is 429 g/mol. The number of esters is 1. The fraction of sp³-hybridized carbons (Fsp3) is 0.318. The zero-order valence-corrected chi connectivity index (χ0v) is 16.9. The molecule has 1 heterocycles. The molecule has 1 unspecified atom stereocenters. The first-order chi connectivity index (χ1) is 14.5. The highest BCUT2D eigenvalue weighted by Crippen LogP contribution is 2.30. The summed E-state index contributed by atoms with van der Waals surface area (Å²) in [7, 11) is 0. The second-order valence-electron chi connectivity index (χ2n) is 7.41. The van der Waals surface area contributed by atoms with Crippen molar-refractivity contribution in [2.75, 3.05) is 18.5 Å². The second-order valence-corrected chi connectivity index (χ2v) is 7.85. The van der Waals surface area contributed by atoms with Gasteiger partial charge in [-0.3, -0.25) is 14.4 Å². The molecule has 1 aliphatic carbocycles. The fourth-order valence-corrected chi connectivity index (χ4v) is 3.43. The van der Waals surface area contributed by atoms with Crippen molar-refractivity contribution < 1.29 is 23.9 Å². The van der Waals surface area contributed by atoms with Crippen LogP contribution in [0.2, 0.25) is 5.02 Å². The van der Waals surface area contributed by atoms with E-state index in [1.54, 1.807) is 42.5 Å². The molecule has 0 bridgehead atoms. The molecular weight excluding hydrogens is 408 g/mol. The molecule has 2 aromatic rings. The number of fused-ring (bicyclic) bond motifs is 1. The van der Waals surface area contributed by atoms with Crippen LogP contribution in [0.15, 0.2) is 42.5 Å². The Morgan fingerprint density at radius 3 is 2.73 bits per heavy atom. The number of ether oxygens (including phenoxy) is 2. The van der Waals surface area contributed by atoms with Crippen LogP contribution in [0.25, 0.3) is 0 Å². The fourth-order valence-electron chi connectivity index (χ4n) is 3.24. The zero-order valence-electron chi connectivity index (χ0n) is 16.2. The molecule has 2 aromatic carbocycles.